The fraction of sp³-hybridized carbons (Fsp3) is 0.353. The monoisotopic (exact) mass is 235 g/mol. The summed E-state index contributed by atoms with van der Waals surface area (Å²) in [5.41, 5.74) is 2.96. The molecule has 1 aromatic carbocycles. The predicted molar refractivity (Wildman–Crippen MR) is 73.8 cm³/mol. The van der Waals surface area contributed by atoms with E-state index in [4.69, 9.17) is 0 Å². The molecule has 1 aromatic rings. The summed E-state index contributed by atoms with van der Waals surface area (Å²) in [6.45, 7) is 8.37. The first kappa shape index (κ1) is 11.3. The third-order valence-electron chi connectivity index (χ3n) is 5.07. The van der Waals surface area contributed by atoms with E-state index in [0.717, 1.165) is 12.0 Å². The van der Waals surface area contributed by atoms with Gasteiger partial charge in [0.25, 0.3) is 0 Å². The van der Waals surface area contributed by atoms with E-state index in [1.807, 2.05) is 12.1 Å². The summed E-state index contributed by atoms with van der Waals surface area (Å²) in [7, 11) is 0. The predicted octanol–water partition coefficient (Wildman–Crippen LogP) is 4.08. The highest BCUT2D eigenvalue weighted by Crippen LogP contribution is 2.66. The topological polar surface area (TPSA) is 23.8 Å². The Kier molecular flexibility index (Phi) is 2.10. The lowest BCUT2D eigenvalue weighted by Crippen LogP contribution is -2.60. The van der Waals surface area contributed by atoms with Crippen LogP contribution in [0.3, 0.4) is 0 Å². The zero-order chi connectivity index (χ0) is 13.0. The highest BCUT2D eigenvalue weighted by atomic mass is 14.7. The van der Waals surface area contributed by atoms with Gasteiger partial charge in [-0.15, -0.1) is 0 Å². The van der Waals surface area contributed by atoms with E-state index in [9.17, 15) is 5.26 Å². The molecule has 0 radical (unpaired) electrons. The van der Waals surface area contributed by atoms with Crippen molar-refractivity contribution in [3.8, 4) is 6.07 Å². The van der Waals surface area contributed by atoms with Crippen molar-refractivity contribution in [3.63, 3.8) is 0 Å². The van der Waals surface area contributed by atoms with Crippen LogP contribution in [0.15, 0.2) is 42.5 Å². The quantitative estimate of drug-likeness (QED) is 0.673. The van der Waals surface area contributed by atoms with E-state index in [0.29, 0.717) is 5.92 Å². The van der Waals surface area contributed by atoms with Crippen LogP contribution in [-0.4, -0.2) is 0 Å². The highest BCUT2D eigenvalue weighted by Gasteiger charge is 2.65. The number of allylic oxidation sites excluding steroid dienone is 2. The molecule has 0 spiro atoms. The number of benzene rings is 1. The minimum atomic E-state index is -0.413. The van der Waals surface area contributed by atoms with Crippen LogP contribution in [0, 0.1) is 22.7 Å². The van der Waals surface area contributed by atoms with Crippen LogP contribution < -0.4 is 0 Å². The van der Waals surface area contributed by atoms with Crippen molar-refractivity contribution in [1.82, 2.24) is 0 Å². The molecule has 1 nitrogen and oxygen atoms in total. The molecule has 1 saturated carbocycles. The minimum absolute atomic E-state index is 0.104. The van der Waals surface area contributed by atoms with Gasteiger partial charge in [-0.2, -0.15) is 5.26 Å². The van der Waals surface area contributed by atoms with E-state index in [1.54, 1.807) is 0 Å². The Morgan fingerprint density at radius 3 is 2.83 bits per heavy atom. The lowest BCUT2D eigenvalue weighted by molar-refractivity contribution is 0.0377. The maximum atomic E-state index is 9.88. The molecule has 3 rings (SSSR count). The molecule has 1 unspecified atom stereocenters. The summed E-state index contributed by atoms with van der Waals surface area (Å²) in [5.74, 6) is 0.332. The van der Waals surface area contributed by atoms with Gasteiger partial charge >= 0.3 is 0 Å². The van der Waals surface area contributed by atoms with Crippen LogP contribution in [0.5, 0.6) is 0 Å². The van der Waals surface area contributed by atoms with Crippen LogP contribution in [0.4, 0.5) is 0 Å². The molecule has 2 aliphatic carbocycles. The van der Waals surface area contributed by atoms with Crippen LogP contribution in [0.2, 0.25) is 0 Å². The number of fused-ring (bicyclic) bond motifs is 3. The van der Waals surface area contributed by atoms with E-state index < -0.39 is 5.41 Å². The number of nitrogens with zero attached hydrogens (tertiary/aromatic N) is 1. The first-order valence-corrected chi connectivity index (χ1v) is 6.41. The van der Waals surface area contributed by atoms with Crippen LogP contribution in [0.1, 0.15) is 31.4 Å². The molecule has 0 aliphatic heterocycles. The molecule has 0 bridgehead atoms. The van der Waals surface area contributed by atoms with Gasteiger partial charge < -0.3 is 0 Å². The van der Waals surface area contributed by atoms with Gasteiger partial charge in [0, 0.05) is 11.3 Å². The smallest absolute Gasteiger partial charge is 0.0981 e. The largest absolute Gasteiger partial charge is 0.197 e. The van der Waals surface area contributed by atoms with Crippen molar-refractivity contribution in [2.45, 2.75) is 25.7 Å². The van der Waals surface area contributed by atoms with Crippen molar-refractivity contribution in [2.24, 2.45) is 11.3 Å². The Morgan fingerprint density at radius 2 is 2.17 bits per heavy atom. The Morgan fingerprint density at radius 1 is 1.44 bits per heavy atom. The van der Waals surface area contributed by atoms with Crippen molar-refractivity contribution in [3.05, 3.63) is 53.6 Å². The average Bonchev–Trinajstić information content (AvgIpc) is 2.36. The first-order chi connectivity index (χ1) is 8.56. The van der Waals surface area contributed by atoms with Gasteiger partial charge in [-0.1, -0.05) is 55.5 Å². The molecular formula is C17H17N. The van der Waals surface area contributed by atoms with E-state index in [-0.39, 0.29) is 5.41 Å². The van der Waals surface area contributed by atoms with Crippen LogP contribution in [0.25, 0.3) is 6.08 Å². The molecule has 0 amide bonds. The van der Waals surface area contributed by atoms with E-state index in [2.05, 4.69) is 50.8 Å². The van der Waals surface area contributed by atoms with E-state index >= 15 is 0 Å². The second-order valence-electron chi connectivity index (χ2n) is 5.79. The maximum Gasteiger partial charge on any atom is 0.0981 e. The third-order valence-corrected chi connectivity index (χ3v) is 5.07. The Hall–Kier alpha value is -1.81. The zero-order valence-electron chi connectivity index (χ0n) is 10.9. The Bertz CT molecular complexity index is 604. The summed E-state index contributed by atoms with van der Waals surface area (Å²) in [5, 5.41) is 9.88. The fourth-order valence-corrected chi connectivity index (χ4v) is 3.74. The number of rotatable bonds is 1. The van der Waals surface area contributed by atoms with Gasteiger partial charge in [-0.25, -0.2) is 0 Å². The standard InChI is InChI=1S/C17H17N/c1-12(2)16(3)10-14-9-8-13-6-4-5-7-15(13)17(14,16)11-18/h4-9,14H,1,10H2,2-3H3/t14?,16-,17-/m0/s1. The van der Waals surface area contributed by atoms with Crippen molar-refractivity contribution in [2.75, 3.05) is 0 Å². The van der Waals surface area contributed by atoms with E-state index in [1.165, 1.54) is 11.1 Å². The SMILES string of the molecule is C=C(C)[C@]1(C)CC2C=Cc3ccccc3[C@]21C#N. The number of hydrogen-bond donors (Lipinski definition) is 0. The Labute approximate surface area is 108 Å². The maximum absolute atomic E-state index is 9.88. The van der Waals surface area contributed by atoms with Crippen molar-refractivity contribution >= 4 is 6.08 Å². The number of hydrogen-bond acceptors (Lipinski definition) is 1. The second kappa shape index (κ2) is 3.36. The summed E-state index contributed by atoms with van der Waals surface area (Å²) in [4.78, 5) is 0. The second-order valence-corrected chi connectivity index (χ2v) is 5.79. The van der Waals surface area contributed by atoms with Crippen LogP contribution >= 0.6 is 0 Å². The van der Waals surface area contributed by atoms with Crippen molar-refractivity contribution in [1.29, 1.82) is 5.26 Å². The van der Waals surface area contributed by atoms with Gasteiger partial charge in [-0.05, 0) is 24.5 Å². The molecule has 18 heavy (non-hydrogen) atoms. The van der Waals surface area contributed by atoms with Crippen molar-refractivity contribution < 1.29 is 0 Å². The van der Waals surface area contributed by atoms with Crippen LogP contribution in [-0.2, 0) is 5.41 Å². The molecule has 3 atom stereocenters. The lowest BCUT2D eigenvalue weighted by atomic mass is 9.39. The van der Waals surface area contributed by atoms with Gasteiger partial charge in [0.15, 0.2) is 0 Å². The molecule has 1 heteroatoms. The minimum Gasteiger partial charge on any atom is -0.197 e. The fourth-order valence-electron chi connectivity index (χ4n) is 3.74. The molecule has 0 aromatic heterocycles. The molecule has 90 valence electrons. The summed E-state index contributed by atoms with van der Waals surface area (Å²) in [6.07, 6.45) is 5.39. The van der Waals surface area contributed by atoms with Gasteiger partial charge in [-0.3, -0.25) is 0 Å². The molecular weight excluding hydrogens is 218 g/mol. The first-order valence-electron chi connectivity index (χ1n) is 6.41. The third kappa shape index (κ3) is 1.02. The summed E-state index contributed by atoms with van der Waals surface area (Å²) in [6, 6.07) is 10.9. The molecule has 0 saturated heterocycles. The van der Waals surface area contributed by atoms with Gasteiger partial charge in [0.05, 0.1) is 11.5 Å². The Balaban J connectivity index is 2.28. The highest BCUT2D eigenvalue weighted by molar-refractivity contribution is 5.66. The lowest BCUT2D eigenvalue weighted by Gasteiger charge is -2.61. The van der Waals surface area contributed by atoms with Gasteiger partial charge in [0.1, 0.15) is 0 Å². The average molecular weight is 235 g/mol. The molecule has 0 N–H and O–H groups in total. The summed E-state index contributed by atoms with van der Waals surface area (Å²) < 4.78 is 0. The summed E-state index contributed by atoms with van der Waals surface area (Å²) >= 11 is 0. The van der Waals surface area contributed by atoms with Gasteiger partial charge in [0.2, 0.25) is 0 Å². The molecule has 0 heterocycles. The number of nitriles is 1. The molecule has 2 aliphatic rings. The zero-order valence-corrected chi connectivity index (χ0v) is 10.9. The molecule has 1 fully saturated rings. The normalized spacial score (nSPS) is 35.9.